The smallest absolute Gasteiger partial charge is 0.121 e. The molecule has 5 nitrogen and oxygen atoms in total. The largest absolute Gasteiger partial charge is 0.493 e. The molecule has 0 radical (unpaired) electrons. The highest BCUT2D eigenvalue weighted by Gasteiger charge is 2.09. The van der Waals surface area contributed by atoms with Crippen LogP contribution in [-0.4, -0.2) is 51.5 Å². The summed E-state index contributed by atoms with van der Waals surface area (Å²) in [5.41, 5.74) is 3.68. The van der Waals surface area contributed by atoms with Crippen molar-refractivity contribution in [3.63, 3.8) is 0 Å². The first-order chi connectivity index (χ1) is 9.38. The summed E-state index contributed by atoms with van der Waals surface area (Å²) in [7, 11) is 1.59. The van der Waals surface area contributed by atoms with Crippen LogP contribution in [0.25, 0.3) is 0 Å². The van der Waals surface area contributed by atoms with Crippen LogP contribution in [0.1, 0.15) is 6.42 Å². The van der Waals surface area contributed by atoms with Crippen LogP contribution < -0.4 is 10.2 Å². The molecule has 0 atom stereocenters. The lowest BCUT2D eigenvalue weighted by molar-refractivity contribution is 0.0358. The molecule has 106 valence electrons. The van der Waals surface area contributed by atoms with Gasteiger partial charge in [0.2, 0.25) is 0 Å². The number of hydrogen-bond donors (Lipinski definition) is 1. The Morgan fingerprint density at radius 3 is 2.95 bits per heavy atom. The maximum absolute atomic E-state index is 5.73. The van der Waals surface area contributed by atoms with Gasteiger partial charge in [-0.3, -0.25) is 15.2 Å². The van der Waals surface area contributed by atoms with Gasteiger partial charge < -0.3 is 9.47 Å². The van der Waals surface area contributed by atoms with E-state index in [9.17, 15) is 0 Å². The van der Waals surface area contributed by atoms with Crippen LogP contribution in [0.15, 0.2) is 24.3 Å². The molecule has 1 aliphatic rings. The molecule has 2 rings (SSSR count). The summed E-state index contributed by atoms with van der Waals surface area (Å²) in [6, 6.07) is 7.76. The van der Waals surface area contributed by atoms with Crippen molar-refractivity contribution in [3.05, 3.63) is 24.3 Å². The summed E-state index contributed by atoms with van der Waals surface area (Å²) in [6.45, 7) is 5.57. The van der Waals surface area contributed by atoms with Gasteiger partial charge in [0.15, 0.2) is 0 Å². The predicted octanol–water partition coefficient (Wildman–Crippen LogP) is 1.76. The van der Waals surface area contributed by atoms with E-state index >= 15 is 0 Å². The second kappa shape index (κ2) is 7.99. The summed E-state index contributed by atoms with van der Waals surface area (Å²) < 4.78 is 11.1. The third-order valence-corrected chi connectivity index (χ3v) is 3.05. The van der Waals surface area contributed by atoms with Gasteiger partial charge >= 0.3 is 0 Å². The topological polar surface area (TPSA) is 43.0 Å². The molecule has 0 aliphatic carbocycles. The van der Waals surface area contributed by atoms with Crippen LogP contribution >= 0.6 is 0 Å². The minimum Gasteiger partial charge on any atom is -0.493 e. The molecule has 1 heterocycles. The van der Waals surface area contributed by atoms with Crippen LogP contribution in [0.5, 0.6) is 5.75 Å². The van der Waals surface area contributed by atoms with Gasteiger partial charge in [-0.1, -0.05) is 6.07 Å². The van der Waals surface area contributed by atoms with Crippen molar-refractivity contribution < 1.29 is 14.3 Å². The Bertz CT molecular complexity index is 367. The Kier molecular flexibility index (Phi) is 5.94. The molecular formula is C14H22N2O3. The van der Waals surface area contributed by atoms with Crippen LogP contribution in [0.2, 0.25) is 0 Å². The Morgan fingerprint density at radius 2 is 2.16 bits per heavy atom. The molecule has 1 fully saturated rings. The maximum atomic E-state index is 5.73. The minimum absolute atomic E-state index is 0.730. The highest BCUT2D eigenvalue weighted by molar-refractivity contribution is 5.46. The molecule has 19 heavy (non-hydrogen) atoms. The van der Waals surface area contributed by atoms with Gasteiger partial charge in [0.25, 0.3) is 0 Å². The number of ether oxygens (including phenoxy) is 2. The van der Waals surface area contributed by atoms with Gasteiger partial charge in [0, 0.05) is 25.7 Å². The molecular weight excluding hydrogens is 244 g/mol. The fourth-order valence-corrected chi connectivity index (χ4v) is 2.07. The maximum Gasteiger partial charge on any atom is 0.121 e. The molecule has 0 unspecified atom stereocenters. The second-order valence-electron chi connectivity index (χ2n) is 4.49. The van der Waals surface area contributed by atoms with E-state index in [0.717, 1.165) is 57.3 Å². The molecule has 0 aromatic heterocycles. The molecule has 1 aromatic rings. The van der Waals surface area contributed by atoms with Crippen LogP contribution in [0, 0.1) is 0 Å². The molecule has 0 spiro atoms. The average molecular weight is 266 g/mol. The first kappa shape index (κ1) is 14.1. The third-order valence-electron chi connectivity index (χ3n) is 3.05. The summed E-state index contributed by atoms with van der Waals surface area (Å²) in [5.74, 6) is 0.865. The number of rotatable bonds is 7. The zero-order chi connectivity index (χ0) is 13.3. The summed E-state index contributed by atoms with van der Waals surface area (Å²) in [4.78, 5) is 7.28. The first-order valence-electron chi connectivity index (χ1n) is 6.70. The van der Waals surface area contributed by atoms with E-state index in [1.54, 1.807) is 7.11 Å². The summed E-state index contributed by atoms with van der Waals surface area (Å²) >= 11 is 0. The Hall–Kier alpha value is -1.30. The van der Waals surface area contributed by atoms with Crippen molar-refractivity contribution in [1.82, 2.24) is 4.90 Å². The SMILES string of the molecule is CONc1cccc(OCCCN2CCOCC2)c1. The lowest BCUT2D eigenvalue weighted by Crippen LogP contribution is -2.37. The van der Waals surface area contributed by atoms with Gasteiger partial charge in [-0.15, -0.1) is 0 Å². The van der Waals surface area contributed by atoms with Crippen molar-refractivity contribution in [2.75, 3.05) is 52.0 Å². The lowest BCUT2D eigenvalue weighted by Gasteiger charge is -2.26. The first-order valence-corrected chi connectivity index (χ1v) is 6.70. The Labute approximate surface area is 114 Å². The van der Waals surface area contributed by atoms with Gasteiger partial charge in [0.1, 0.15) is 5.75 Å². The van der Waals surface area contributed by atoms with Crippen molar-refractivity contribution in [2.24, 2.45) is 0 Å². The van der Waals surface area contributed by atoms with Gasteiger partial charge in [-0.05, 0) is 18.6 Å². The van der Waals surface area contributed by atoms with Gasteiger partial charge in [-0.2, -0.15) is 0 Å². The number of benzene rings is 1. The van der Waals surface area contributed by atoms with Crippen molar-refractivity contribution in [1.29, 1.82) is 0 Å². The van der Waals surface area contributed by atoms with Crippen LogP contribution in [0.3, 0.4) is 0 Å². The zero-order valence-electron chi connectivity index (χ0n) is 11.4. The molecule has 0 amide bonds. The fourth-order valence-electron chi connectivity index (χ4n) is 2.07. The van der Waals surface area contributed by atoms with E-state index in [1.807, 2.05) is 24.3 Å². The Balaban J connectivity index is 1.65. The quantitative estimate of drug-likeness (QED) is 0.602. The van der Waals surface area contributed by atoms with Crippen LogP contribution in [0.4, 0.5) is 5.69 Å². The van der Waals surface area contributed by atoms with E-state index < -0.39 is 0 Å². The normalized spacial score (nSPS) is 16.3. The van der Waals surface area contributed by atoms with Gasteiger partial charge in [0.05, 0.1) is 32.6 Å². The van der Waals surface area contributed by atoms with E-state index in [-0.39, 0.29) is 0 Å². The average Bonchev–Trinajstić information content (AvgIpc) is 2.46. The minimum atomic E-state index is 0.730. The lowest BCUT2D eigenvalue weighted by atomic mass is 10.3. The number of morpholine rings is 1. The van der Waals surface area contributed by atoms with Crippen molar-refractivity contribution in [3.8, 4) is 5.75 Å². The van der Waals surface area contributed by atoms with Crippen molar-refractivity contribution in [2.45, 2.75) is 6.42 Å². The molecule has 1 saturated heterocycles. The number of anilines is 1. The molecule has 5 heteroatoms. The van der Waals surface area contributed by atoms with E-state index in [4.69, 9.17) is 14.3 Å². The van der Waals surface area contributed by atoms with Crippen molar-refractivity contribution >= 4 is 5.69 Å². The highest BCUT2D eigenvalue weighted by Crippen LogP contribution is 2.17. The van der Waals surface area contributed by atoms with Crippen LogP contribution in [-0.2, 0) is 9.57 Å². The Morgan fingerprint density at radius 1 is 1.32 bits per heavy atom. The fraction of sp³-hybridized carbons (Fsp3) is 0.571. The standard InChI is InChI=1S/C14H22N2O3/c1-17-15-13-4-2-5-14(12-13)19-9-3-6-16-7-10-18-11-8-16/h2,4-5,12,15H,3,6-11H2,1H3. The highest BCUT2D eigenvalue weighted by atomic mass is 16.6. The zero-order valence-corrected chi connectivity index (χ0v) is 11.4. The van der Waals surface area contributed by atoms with E-state index in [1.165, 1.54) is 0 Å². The van der Waals surface area contributed by atoms with Gasteiger partial charge in [-0.25, -0.2) is 0 Å². The number of hydrogen-bond acceptors (Lipinski definition) is 5. The molecule has 0 bridgehead atoms. The monoisotopic (exact) mass is 266 g/mol. The molecule has 1 aliphatic heterocycles. The van der Waals surface area contributed by atoms with E-state index in [2.05, 4.69) is 10.4 Å². The summed E-state index contributed by atoms with van der Waals surface area (Å²) in [5, 5.41) is 0. The third kappa shape index (κ3) is 5.06. The number of nitrogens with zero attached hydrogens (tertiary/aromatic N) is 1. The number of nitrogens with one attached hydrogen (secondary N) is 1. The molecule has 1 aromatic carbocycles. The van der Waals surface area contributed by atoms with E-state index in [0.29, 0.717) is 0 Å². The second-order valence-corrected chi connectivity index (χ2v) is 4.49. The molecule has 1 N–H and O–H groups in total. The summed E-state index contributed by atoms with van der Waals surface area (Å²) in [6.07, 6.45) is 1.03. The predicted molar refractivity (Wildman–Crippen MR) is 74.4 cm³/mol. The molecule has 0 saturated carbocycles.